The van der Waals surface area contributed by atoms with Crippen molar-refractivity contribution in [3.05, 3.63) is 52.5 Å². The van der Waals surface area contributed by atoms with E-state index in [4.69, 9.17) is 16.3 Å². The molecule has 0 saturated carbocycles. The molecule has 2 aliphatic rings. The molecule has 4 rings (SSSR count). The van der Waals surface area contributed by atoms with Crippen molar-refractivity contribution in [2.75, 3.05) is 43.1 Å². The second-order valence-electron chi connectivity index (χ2n) is 9.31. The second-order valence-corrected chi connectivity index (χ2v) is 9.75. The Morgan fingerprint density at radius 3 is 2.62 bits per heavy atom. The highest BCUT2D eigenvalue weighted by Gasteiger charge is 2.43. The van der Waals surface area contributed by atoms with Gasteiger partial charge in [0, 0.05) is 36.9 Å². The van der Waals surface area contributed by atoms with Crippen LogP contribution in [0.15, 0.2) is 36.4 Å². The number of fused-ring (bicyclic) bond motifs is 3. The molecule has 0 spiro atoms. The quantitative estimate of drug-likeness (QED) is 0.633. The molecule has 1 amide bonds. The molecule has 1 saturated heterocycles. The Morgan fingerprint density at radius 2 is 1.94 bits per heavy atom. The zero-order chi connectivity index (χ0) is 24.6. The van der Waals surface area contributed by atoms with E-state index in [0.29, 0.717) is 42.5 Å². The van der Waals surface area contributed by atoms with Crippen molar-refractivity contribution in [2.45, 2.75) is 32.5 Å². The number of halogens is 4. The third-order valence-electron chi connectivity index (χ3n) is 6.54. The van der Waals surface area contributed by atoms with Crippen LogP contribution in [0.4, 0.5) is 24.5 Å². The first-order valence-electron chi connectivity index (χ1n) is 11.4. The summed E-state index contributed by atoms with van der Waals surface area (Å²) in [6.07, 6.45) is -4.17. The zero-order valence-electron chi connectivity index (χ0n) is 19.5. The third kappa shape index (κ3) is 4.92. The summed E-state index contributed by atoms with van der Waals surface area (Å²) < 4.78 is 45.7. The van der Waals surface area contributed by atoms with Crippen LogP contribution in [-0.4, -0.2) is 45.2 Å². The van der Waals surface area contributed by atoms with Crippen molar-refractivity contribution < 1.29 is 22.7 Å². The number of carbonyl (C=O) groups is 1. The number of nitrogens with zero attached hydrogens (tertiary/aromatic N) is 2. The maximum atomic E-state index is 13.4. The number of amides is 1. The van der Waals surface area contributed by atoms with E-state index < -0.39 is 17.7 Å². The van der Waals surface area contributed by atoms with Gasteiger partial charge in [-0.2, -0.15) is 13.2 Å². The Hall–Kier alpha value is -2.61. The Bertz CT molecular complexity index is 1060. The first-order valence-corrected chi connectivity index (χ1v) is 11.8. The maximum Gasteiger partial charge on any atom is 0.416 e. The van der Waals surface area contributed by atoms with Gasteiger partial charge < -0.3 is 19.9 Å². The van der Waals surface area contributed by atoms with E-state index in [2.05, 4.69) is 15.1 Å². The number of methoxy groups -OCH3 is 1. The molecular weight excluding hydrogens is 467 g/mol. The normalized spacial score (nSPS) is 20.1. The molecule has 2 atom stereocenters. The van der Waals surface area contributed by atoms with Gasteiger partial charge in [0.25, 0.3) is 0 Å². The molecule has 2 aromatic carbocycles. The highest BCUT2D eigenvalue weighted by Crippen LogP contribution is 2.41. The van der Waals surface area contributed by atoms with E-state index in [0.717, 1.165) is 17.4 Å². The summed E-state index contributed by atoms with van der Waals surface area (Å²) in [6, 6.07) is 9.08. The minimum absolute atomic E-state index is 0.133. The molecular formula is C25H29ClF3N3O2. The fraction of sp³-hybridized carbons (Fsp3) is 0.480. The SMILES string of the molecule is COc1ccc(Cl)cc1N1CCN2c3ccc(C(F)(F)F)cc3CC(C(=O)NCC(C)C)C2C1. The van der Waals surface area contributed by atoms with Crippen LogP contribution in [0, 0.1) is 11.8 Å². The first-order chi connectivity index (χ1) is 16.1. The number of rotatable bonds is 5. The van der Waals surface area contributed by atoms with E-state index in [-0.39, 0.29) is 24.3 Å². The smallest absolute Gasteiger partial charge is 0.416 e. The van der Waals surface area contributed by atoms with Gasteiger partial charge in [-0.3, -0.25) is 4.79 Å². The van der Waals surface area contributed by atoms with Crippen LogP contribution in [0.3, 0.4) is 0 Å². The number of benzene rings is 2. The monoisotopic (exact) mass is 495 g/mol. The summed E-state index contributed by atoms with van der Waals surface area (Å²) in [5, 5.41) is 3.58. The van der Waals surface area contributed by atoms with E-state index in [1.807, 2.05) is 26.0 Å². The fourth-order valence-electron chi connectivity index (χ4n) is 4.86. The number of alkyl halides is 3. The van der Waals surface area contributed by atoms with Crippen molar-refractivity contribution in [1.29, 1.82) is 0 Å². The molecule has 0 bridgehead atoms. The average molecular weight is 496 g/mol. The molecule has 0 aromatic heterocycles. The highest BCUT2D eigenvalue weighted by molar-refractivity contribution is 6.31. The summed E-state index contributed by atoms with van der Waals surface area (Å²) in [6.45, 7) is 6.24. The molecule has 184 valence electrons. The molecule has 2 aromatic rings. The molecule has 34 heavy (non-hydrogen) atoms. The summed E-state index contributed by atoms with van der Waals surface area (Å²) >= 11 is 6.25. The highest BCUT2D eigenvalue weighted by atomic mass is 35.5. The van der Waals surface area contributed by atoms with Crippen LogP contribution in [0.2, 0.25) is 5.02 Å². The van der Waals surface area contributed by atoms with Gasteiger partial charge in [0.05, 0.1) is 30.3 Å². The van der Waals surface area contributed by atoms with Crippen LogP contribution >= 0.6 is 11.6 Å². The van der Waals surface area contributed by atoms with E-state index in [1.165, 1.54) is 6.07 Å². The minimum atomic E-state index is -4.43. The predicted octanol–water partition coefficient (Wildman–Crippen LogP) is 5.01. The zero-order valence-corrected chi connectivity index (χ0v) is 20.2. The number of anilines is 2. The largest absolute Gasteiger partial charge is 0.495 e. The minimum Gasteiger partial charge on any atom is -0.495 e. The van der Waals surface area contributed by atoms with Crippen molar-refractivity contribution in [1.82, 2.24) is 5.32 Å². The number of hydrogen-bond acceptors (Lipinski definition) is 4. The first kappa shape index (κ1) is 24.5. The van der Waals surface area contributed by atoms with Gasteiger partial charge in [-0.1, -0.05) is 25.4 Å². The molecule has 2 heterocycles. The number of piperazine rings is 1. The van der Waals surface area contributed by atoms with Gasteiger partial charge in [-0.15, -0.1) is 0 Å². The second kappa shape index (κ2) is 9.56. The lowest BCUT2D eigenvalue weighted by Crippen LogP contribution is -2.61. The van der Waals surface area contributed by atoms with Crippen molar-refractivity contribution in [2.24, 2.45) is 11.8 Å². The lowest BCUT2D eigenvalue weighted by atomic mass is 9.82. The summed E-state index contributed by atoms with van der Waals surface area (Å²) in [7, 11) is 1.60. The lowest BCUT2D eigenvalue weighted by molar-refractivity contribution is -0.137. The third-order valence-corrected chi connectivity index (χ3v) is 6.78. The van der Waals surface area contributed by atoms with Crippen LogP contribution in [-0.2, 0) is 17.4 Å². The van der Waals surface area contributed by atoms with Gasteiger partial charge >= 0.3 is 6.18 Å². The summed E-state index contributed by atoms with van der Waals surface area (Å²) in [5.41, 5.74) is 1.48. The predicted molar refractivity (Wildman–Crippen MR) is 128 cm³/mol. The van der Waals surface area contributed by atoms with E-state index in [9.17, 15) is 18.0 Å². The molecule has 1 N–H and O–H groups in total. The summed E-state index contributed by atoms with van der Waals surface area (Å²) in [4.78, 5) is 17.5. The van der Waals surface area contributed by atoms with Gasteiger partial charge in [-0.05, 0) is 54.3 Å². The Balaban J connectivity index is 1.69. The molecule has 2 aliphatic heterocycles. The molecule has 0 aliphatic carbocycles. The molecule has 0 radical (unpaired) electrons. The number of nitrogens with one attached hydrogen (secondary N) is 1. The van der Waals surface area contributed by atoms with Gasteiger partial charge in [-0.25, -0.2) is 0 Å². The number of hydrogen-bond donors (Lipinski definition) is 1. The van der Waals surface area contributed by atoms with E-state index in [1.54, 1.807) is 19.2 Å². The molecule has 1 fully saturated rings. The molecule has 5 nitrogen and oxygen atoms in total. The van der Waals surface area contributed by atoms with Gasteiger partial charge in [0.1, 0.15) is 5.75 Å². The van der Waals surface area contributed by atoms with Gasteiger partial charge in [0.15, 0.2) is 0 Å². The molecule has 9 heteroatoms. The van der Waals surface area contributed by atoms with Crippen LogP contribution in [0.5, 0.6) is 5.75 Å². The standard InChI is InChI=1S/C25H29ClF3N3O2/c1-15(2)13-30-24(33)19-11-16-10-17(25(27,28)29)4-6-20(16)32-9-8-31(14-22(19)32)21-12-18(26)5-7-23(21)34-3/h4-7,10,12,15,19,22H,8-9,11,13-14H2,1-3H3,(H,30,33). The van der Waals surface area contributed by atoms with Crippen molar-refractivity contribution in [3.63, 3.8) is 0 Å². The lowest BCUT2D eigenvalue weighted by Gasteiger charge is -2.50. The topological polar surface area (TPSA) is 44.8 Å². The average Bonchev–Trinajstić information content (AvgIpc) is 2.80. The Labute approximate surface area is 202 Å². The molecule has 2 unspecified atom stereocenters. The Morgan fingerprint density at radius 1 is 1.18 bits per heavy atom. The number of carbonyl (C=O) groups excluding carboxylic acids is 1. The van der Waals surface area contributed by atoms with E-state index >= 15 is 0 Å². The van der Waals surface area contributed by atoms with Crippen LogP contribution in [0.1, 0.15) is 25.0 Å². The van der Waals surface area contributed by atoms with Crippen LogP contribution < -0.4 is 19.9 Å². The maximum absolute atomic E-state index is 13.4. The van der Waals surface area contributed by atoms with Crippen molar-refractivity contribution in [3.8, 4) is 5.75 Å². The van der Waals surface area contributed by atoms with Crippen LogP contribution in [0.25, 0.3) is 0 Å². The fourth-order valence-corrected chi connectivity index (χ4v) is 5.03. The van der Waals surface area contributed by atoms with Gasteiger partial charge in [0.2, 0.25) is 5.91 Å². The Kier molecular flexibility index (Phi) is 6.90. The van der Waals surface area contributed by atoms with Crippen molar-refractivity contribution >= 4 is 28.9 Å². The number of ether oxygens (including phenoxy) is 1. The summed E-state index contributed by atoms with van der Waals surface area (Å²) in [5.74, 6) is 0.338.